The van der Waals surface area contributed by atoms with Gasteiger partial charge in [-0.1, -0.05) is 6.92 Å². The summed E-state index contributed by atoms with van der Waals surface area (Å²) < 4.78 is 62.2. The lowest BCUT2D eigenvalue weighted by Crippen LogP contribution is -2.47. The Kier molecular flexibility index (Phi) is 4.93. The smallest absolute Gasteiger partial charge is 0.272 e. The van der Waals surface area contributed by atoms with Crippen molar-refractivity contribution >= 4 is 21.8 Å². The van der Waals surface area contributed by atoms with E-state index in [1.54, 1.807) is 6.07 Å². The normalized spacial score (nSPS) is 21.4. The van der Waals surface area contributed by atoms with Gasteiger partial charge in [0.15, 0.2) is 5.75 Å². The monoisotopic (exact) mass is 426 g/mol. The minimum Gasteiger partial charge on any atom is -0.482 e. The lowest BCUT2D eigenvalue weighted by atomic mass is 9.94. The van der Waals surface area contributed by atoms with E-state index in [-0.39, 0.29) is 22.9 Å². The lowest BCUT2D eigenvalue weighted by molar-refractivity contribution is 0.0801. The van der Waals surface area contributed by atoms with Crippen molar-refractivity contribution in [2.45, 2.75) is 18.8 Å². The highest BCUT2D eigenvalue weighted by atomic mass is 32.2. The number of halogens is 3. The van der Waals surface area contributed by atoms with Gasteiger partial charge >= 0.3 is 0 Å². The fraction of sp³-hybridized carbons (Fsp3) is 0.389. The van der Waals surface area contributed by atoms with Crippen LogP contribution in [0.5, 0.6) is 17.5 Å². The van der Waals surface area contributed by atoms with Gasteiger partial charge in [-0.15, -0.1) is 0 Å². The largest absolute Gasteiger partial charge is 0.482 e. The number of ether oxygens (including phenoxy) is 2. The fourth-order valence-corrected chi connectivity index (χ4v) is 4.91. The highest BCUT2D eigenvalue weighted by Crippen LogP contribution is 2.36. The summed E-state index contributed by atoms with van der Waals surface area (Å²) in [4.78, 5) is 12.5. The summed E-state index contributed by atoms with van der Waals surface area (Å²) in [7, 11) is 1.01. The van der Waals surface area contributed by atoms with E-state index in [2.05, 4.69) is 15.0 Å². The van der Waals surface area contributed by atoms with E-state index in [1.165, 1.54) is 6.20 Å². The quantitative estimate of drug-likeness (QED) is 0.603. The maximum absolute atomic E-state index is 13.4. The van der Waals surface area contributed by atoms with E-state index in [0.717, 1.165) is 23.6 Å². The van der Waals surface area contributed by atoms with Crippen LogP contribution >= 0.6 is 0 Å². The van der Waals surface area contributed by atoms with Gasteiger partial charge in [0.2, 0.25) is 5.88 Å². The molecule has 1 saturated heterocycles. The summed E-state index contributed by atoms with van der Waals surface area (Å²) in [5.74, 6) is 0.844. The number of hydrogen-bond acceptors (Lipinski definition) is 6. The van der Waals surface area contributed by atoms with Crippen LogP contribution < -0.4 is 9.47 Å². The molecular weight excluding hydrogens is 409 g/mol. The molecule has 7 nitrogen and oxygen atoms in total. The number of pyridine rings is 2. The van der Waals surface area contributed by atoms with Crippen molar-refractivity contribution in [1.29, 1.82) is 0 Å². The van der Waals surface area contributed by atoms with Gasteiger partial charge in [-0.05, 0) is 0 Å². The van der Waals surface area contributed by atoms with E-state index < -0.39 is 29.6 Å². The molecule has 1 aliphatic rings. The number of nitrogens with zero attached hydrogens (tertiary/aromatic N) is 4. The molecule has 0 atom stereocenters. The summed E-state index contributed by atoms with van der Waals surface area (Å²) in [5.41, 5.74) is 1.09. The van der Waals surface area contributed by atoms with Crippen LogP contribution in [0.1, 0.15) is 12.7 Å². The second-order valence-electron chi connectivity index (χ2n) is 7.06. The highest BCUT2D eigenvalue weighted by Gasteiger charge is 2.43. The van der Waals surface area contributed by atoms with Crippen LogP contribution in [-0.2, 0) is 23.3 Å². The number of aryl methyl sites for hydroxylation is 1. The van der Waals surface area contributed by atoms with Crippen molar-refractivity contribution in [2.75, 3.05) is 18.1 Å². The van der Waals surface area contributed by atoms with Crippen molar-refractivity contribution in [2.24, 2.45) is 7.05 Å². The molecule has 29 heavy (non-hydrogen) atoms. The maximum atomic E-state index is 13.4. The molecule has 0 aromatic carbocycles. The average Bonchev–Trinajstić information content (AvgIpc) is 2.97. The van der Waals surface area contributed by atoms with Crippen molar-refractivity contribution < 1.29 is 26.9 Å². The minimum absolute atomic E-state index is 0.121. The van der Waals surface area contributed by atoms with Crippen molar-refractivity contribution in [1.82, 2.24) is 19.5 Å². The fourth-order valence-electron chi connectivity index (χ4n) is 3.31. The first-order chi connectivity index (χ1) is 13.7. The molecule has 4 heterocycles. The SMILES string of the molecule is Cn1c(C2(C)CS(=O)C2)nc2cnc(Oc3ncc(F)cc3OCC(F)F)cc21. The van der Waals surface area contributed by atoms with Crippen LogP contribution in [0.3, 0.4) is 0 Å². The summed E-state index contributed by atoms with van der Waals surface area (Å²) in [6.07, 6.45) is -0.324. The standard InChI is InChI=1S/C18H17F3N4O3S/c1-18(8-29(26)9-18)17-24-11-6-22-15(4-12(11)25(17)2)28-16-13(27-7-14(20)21)3-10(19)5-23-16/h3-6,14H,7-9H2,1-2H3. The van der Waals surface area contributed by atoms with E-state index in [9.17, 15) is 17.4 Å². The zero-order valence-electron chi connectivity index (χ0n) is 15.6. The molecule has 1 aliphatic heterocycles. The number of alkyl halides is 2. The second kappa shape index (κ2) is 7.29. The van der Waals surface area contributed by atoms with Crippen molar-refractivity contribution in [3.05, 3.63) is 36.2 Å². The van der Waals surface area contributed by atoms with Gasteiger partial charge in [0.1, 0.15) is 23.8 Å². The third-order valence-electron chi connectivity index (χ3n) is 4.59. The van der Waals surface area contributed by atoms with Crippen molar-refractivity contribution in [3.8, 4) is 17.5 Å². The first kappa shape index (κ1) is 19.6. The molecule has 3 aromatic rings. The van der Waals surface area contributed by atoms with E-state index >= 15 is 0 Å². The molecule has 154 valence electrons. The summed E-state index contributed by atoms with van der Waals surface area (Å²) in [6, 6.07) is 2.54. The maximum Gasteiger partial charge on any atom is 0.272 e. The van der Waals surface area contributed by atoms with E-state index in [4.69, 9.17) is 9.47 Å². The van der Waals surface area contributed by atoms with Gasteiger partial charge in [0.25, 0.3) is 12.3 Å². The van der Waals surface area contributed by atoms with Crippen LogP contribution in [0.15, 0.2) is 24.5 Å². The molecule has 0 aliphatic carbocycles. The number of aromatic nitrogens is 4. The average molecular weight is 426 g/mol. The van der Waals surface area contributed by atoms with Gasteiger partial charge in [-0.2, -0.15) is 0 Å². The Hall–Kier alpha value is -2.69. The number of fused-ring (bicyclic) bond motifs is 1. The van der Waals surface area contributed by atoms with Crippen molar-refractivity contribution in [3.63, 3.8) is 0 Å². The lowest BCUT2D eigenvalue weighted by Gasteiger charge is -2.36. The molecule has 3 aromatic heterocycles. The first-order valence-electron chi connectivity index (χ1n) is 8.67. The summed E-state index contributed by atoms with van der Waals surface area (Å²) >= 11 is 0. The first-order valence-corrected chi connectivity index (χ1v) is 10.2. The van der Waals surface area contributed by atoms with E-state index in [1.807, 2.05) is 18.5 Å². The van der Waals surface area contributed by atoms with Crippen LogP contribution in [0.2, 0.25) is 0 Å². The van der Waals surface area contributed by atoms with Gasteiger partial charge < -0.3 is 14.0 Å². The van der Waals surface area contributed by atoms with Gasteiger partial charge in [-0.25, -0.2) is 28.1 Å². The number of imidazole rings is 1. The minimum atomic E-state index is -2.73. The molecule has 1 fully saturated rings. The Morgan fingerprint density at radius 2 is 2.03 bits per heavy atom. The molecule has 4 rings (SSSR count). The topological polar surface area (TPSA) is 79.1 Å². The third-order valence-corrected chi connectivity index (χ3v) is 6.51. The van der Waals surface area contributed by atoms with Gasteiger partial charge in [0, 0.05) is 46.9 Å². The Balaban J connectivity index is 1.64. The summed E-state index contributed by atoms with van der Waals surface area (Å²) in [6.45, 7) is 1.09. The zero-order valence-corrected chi connectivity index (χ0v) is 16.4. The molecule has 0 saturated carbocycles. The van der Waals surface area contributed by atoms with Gasteiger partial charge in [-0.3, -0.25) is 4.21 Å². The Morgan fingerprint density at radius 3 is 2.72 bits per heavy atom. The van der Waals surface area contributed by atoms with Crippen LogP contribution in [0.25, 0.3) is 11.0 Å². The molecule has 0 N–H and O–H groups in total. The van der Waals surface area contributed by atoms with E-state index in [0.29, 0.717) is 17.0 Å². The molecule has 0 radical (unpaired) electrons. The highest BCUT2D eigenvalue weighted by molar-refractivity contribution is 7.86. The van der Waals surface area contributed by atoms with Gasteiger partial charge in [0.05, 0.1) is 17.9 Å². The Labute approximate surface area is 166 Å². The molecule has 0 bridgehead atoms. The number of rotatable bonds is 6. The second-order valence-corrected chi connectivity index (χ2v) is 8.51. The molecule has 0 unspecified atom stereocenters. The molecule has 11 heteroatoms. The zero-order chi connectivity index (χ0) is 20.8. The summed E-state index contributed by atoms with van der Waals surface area (Å²) in [5, 5.41) is 0. The Bertz CT molecular complexity index is 1100. The van der Waals surface area contributed by atoms with Crippen LogP contribution in [0.4, 0.5) is 13.2 Å². The molecular formula is C18H17F3N4O3S. The predicted octanol–water partition coefficient (Wildman–Crippen LogP) is 2.96. The molecule has 0 amide bonds. The third kappa shape index (κ3) is 3.78. The van der Waals surface area contributed by atoms with Crippen LogP contribution in [0, 0.1) is 5.82 Å². The van der Waals surface area contributed by atoms with Crippen LogP contribution in [-0.4, -0.2) is 48.3 Å². The molecule has 0 spiro atoms. The number of hydrogen-bond donors (Lipinski definition) is 0. The Morgan fingerprint density at radius 1 is 1.28 bits per heavy atom. The predicted molar refractivity (Wildman–Crippen MR) is 99.5 cm³/mol.